The van der Waals surface area contributed by atoms with Crippen LogP contribution in [0.2, 0.25) is 0 Å². The van der Waals surface area contributed by atoms with Crippen LogP contribution in [-0.2, 0) is 9.53 Å². The van der Waals surface area contributed by atoms with Gasteiger partial charge in [-0.05, 0) is 15.9 Å². The molecule has 1 amide bonds. The molecule has 8 heteroatoms. The lowest BCUT2D eigenvalue weighted by Crippen LogP contribution is -2.36. The third-order valence-electron chi connectivity index (χ3n) is 1.73. The molecule has 0 radical (unpaired) electrons. The van der Waals surface area contributed by atoms with Crippen molar-refractivity contribution in [3.63, 3.8) is 0 Å². The second-order valence-electron chi connectivity index (χ2n) is 3.04. The van der Waals surface area contributed by atoms with Crippen LogP contribution in [0.5, 0.6) is 0 Å². The zero-order valence-electron chi connectivity index (χ0n) is 9.07. The van der Waals surface area contributed by atoms with E-state index in [4.69, 9.17) is 4.74 Å². The Morgan fingerprint density at radius 3 is 2.94 bits per heavy atom. The van der Waals surface area contributed by atoms with Gasteiger partial charge in [-0.2, -0.15) is 0 Å². The van der Waals surface area contributed by atoms with Gasteiger partial charge in [0.1, 0.15) is 0 Å². The van der Waals surface area contributed by atoms with Gasteiger partial charge < -0.3 is 15.0 Å². The van der Waals surface area contributed by atoms with Gasteiger partial charge in [0, 0.05) is 20.7 Å². The van der Waals surface area contributed by atoms with Crippen molar-refractivity contribution in [2.24, 2.45) is 0 Å². The first-order valence-electron chi connectivity index (χ1n) is 4.59. The molecule has 0 saturated carbocycles. The molecule has 0 unspecified atom stereocenters. The Morgan fingerprint density at radius 1 is 1.62 bits per heavy atom. The van der Waals surface area contributed by atoms with Gasteiger partial charge in [-0.3, -0.25) is 4.79 Å². The van der Waals surface area contributed by atoms with Crippen molar-refractivity contribution in [1.82, 2.24) is 15.5 Å². The summed E-state index contributed by atoms with van der Waals surface area (Å²) < 4.78 is 5.53. The van der Waals surface area contributed by atoms with Crippen molar-refractivity contribution in [2.45, 2.75) is 0 Å². The number of aromatic nitrogens is 2. The lowest BCUT2D eigenvalue weighted by atomic mass is 10.5. The first-order valence-corrected chi connectivity index (χ1v) is 6.20. The zero-order valence-corrected chi connectivity index (χ0v) is 11.5. The van der Waals surface area contributed by atoms with Crippen molar-refractivity contribution in [3.8, 4) is 0 Å². The standard InChI is InChI=1S/C8H13BrN4O2S/c1-13(8-12-11-7(9)16-8)5-6(14)10-3-4-15-2/h3-5H2,1-2H3,(H,10,14). The summed E-state index contributed by atoms with van der Waals surface area (Å²) in [5.41, 5.74) is 0. The summed E-state index contributed by atoms with van der Waals surface area (Å²) in [6.07, 6.45) is 0. The van der Waals surface area contributed by atoms with Crippen LogP contribution in [-0.4, -0.2) is 50.0 Å². The molecular weight excluding hydrogens is 296 g/mol. The van der Waals surface area contributed by atoms with Gasteiger partial charge in [0.2, 0.25) is 11.0 Å². The number of hydrogen-bond donors (Lipinski definition) is 1. The molecule has 1 aromatic rings. The van der Waals surface area contributed by atoms with Gasteiger partial charge in [0.15, 0.2) is 3.92 Å². The molecule has 1 N–H and O–H groups in total. The van der Waals surface area contributed by atoms with Crippen LogP contribution in [0.1, 0.15) is 0 Å². The highest BCUT2D eigenvalue weighted by Crippen LogP contribution is 2.22. The molecule has 1 rings (SSSR count). The summed E-state index contributed by atoms with van der Waals surface area (Å²) in [5, 5.41) is 11.2. The molecule has 16 heavy (non-hydrogen) atoms. The Balaban J connectivity index is 2.33. The van der Waals surface area contributed by atoms with E-state index in [-0.39, 0.29) is 12.5 Å². The zero-order chi connectivity index (χ0) is 12.0. The van der Waals surface area contributed by atoms with Gasteiger partial charge in [0.25, 0.3) is 0 Å². The number of ether oxygens (including phenoxy) is 1. The second kappa shape index (κ2) is 6.77. The summed E-state index contributed by atoms with van der Waals surface area (Å²) in [6.45, 7) is 1.29. The van der Waals surface area contributed by atoms with E-state index in [0.29, 0.717) is 22.2 Å². The highest BCUT2D eigenvalue weighted by Gasteiger charge is 2.10. The molecule has 0 aromatic carbocycles. The number of halogens is 1. The summed E-state index contributed by atoms with van der Waals surface area (Å²) in [7, 11) is 3.39. The molecule has 6 nitrogen and oxygen atoms in total. The van der Waals surface area contributed by atoms with Crippen LogP contribution in [0.25, 0.3) is 0 Å². The fourth-order valence-corrected chi connectivity index (χ4v) is 2.03. The molecule has 0 aliphatic heterocycles. The van der Waals surface area contributed by atoms with Crippen LogP contribution in [0.15, 0.2) is 3.92 Å². The van der Waals surface area contributed by atoms with Crippen molar-refractivity contribution < 1.29 is 9.53 Å². The number of methoxy groups -OCH3 is 1. The van der Waals surface area contributed by atoms with Crippen LogP contribution in [0, 0.1) is 0 Å². The van der Waals surface area contributed by atoms with E-state index >= 15 is 0 Å². The summed E-state index contributed by atoms with van der Waals surface area (Å²) in [6, 6.07) is 0. The number of likely N-dealkylation sites (N-methyl/N-ethyl adjacent to an activating group) is 1. The van der Waals surface area contributed by atoms with E-state index < -0.39 is 0 Å². The molecule has 1 heterocycles. The highest BCUT2D eigenvalue weighted by atomic mass is 79.9. The smallest absolute Gasteiger partial charge is 0.239 e. The molecule has 0 saturated heterocycles. The largest absolute Gasteiger partial charge is 0.383 e. The van der Waals surface area contributed by atoms with E-state index in [1.807, 2.05) is 0 Å². The van der Waals surface area contributed by atoms with E-state index in [1.54, 1.807) is 19.1 Å². The third-order valence-corrected chi connectivity index (χ3v) is 3.20. The number of nitrogens with zero attached hydrogens (tertiary/aromatic N) is 3. The summed E-state index contributed by atoms with van der Waals surface area (Å²) in [5.74, 6) is -0.0640. The maximum absolute atomic E-state index is 11.4. The molecule has 0 aliphatic rings. The first-order chi connectivity index (χ1) is 7.63. The van der Waals surface area contributed by atoms with E-state index in [0.717, 1.165) is 0 Å². The first kappa shape index (κ1) is 13.3. The van der Waals surface area contributed by atoms with Gasteiger partial charge in [-0.25, -0.2) is 0 Å². The van der Waals surface area contributed by atoms with Crippen molar-refractivity contribution in [2.75, 3.05) is 38.8 Å². The minimum atomic E-state index is -0.0640. The molecule has 90 valence electrons. The Morgan fingerprint density at radius 2 is 2.38 bits per heavy atom. The van der Waals surface area contributed by atoms with Gasteiger partial charge in [0.05, 0.1) is 13.2 Å². The summed E-state index contributed by atoms with van der Waals surface area (Å²) in [4.78, 5) is 13.2. The Labute approximate surface area is 106 Å². The Kier molecular flexibility index (Phi) is 5.64. The minimum Gasteiger partial charge on any atom is -0.383 e. The highest BCUT2D eigenvalue weighted by molar-refractivity contribution is 9.11. The van der Waals surface area contributed by atoms with E-state index in [2.05, 4.69) is 31.4 Å². The van der Waals surface area contributed by atoms with Crippen LogP contribution < -0.4 is 10.2 Å². The molecule has 0 fully saturated rings. The van der Waals surface area contributed by atoms with E-state index in [1.165, 1.54) is 11.3 Å². The molecule has 0 bridgehead atoms. The maximum Gasteiger partial charge on any atom is 0.239 e. The topological polar surface area (TPSA) is 67.3 Å². The number of amides is 1. The average Bonchev–Trinajstić information content (AvgIpc) is 2.65. The van der Waals surface area contributed by atoms with Crippen molar-refractivity contribution in [3.05, 3.63) is 3.92 Å². The number of nitrogens with one attached hydrogen (secondary N) is 1. The molecule has 0 spiro atoms. The van der Waals surface area contributed by atoms with Crippen LogP contribution in [0.3, 0.4) is 0 Å². The fourth-order valence-electron chi connectivity index (χ4n) is 0.984. The lowest BCUT2D eigenvalue weighted by molar-refractivity contribution is -0.119. The predicted octanol–water partition coefficient (Wildman–Crippen LogP) is 0.499. The quantitative estimate of drug-likeness (QED) is 0.775. The fraction of sp³-hybridized carbons (Fsp3) is 0.625. The van der Waals surface area contributed by atoms with Crippen LogP contribution in [0.4, 0.5) is 5.13 Å². The number of carbonyl (C=O) groups excluding carboxylic acids is 1. The molecule has 1 aromatic heterocycles. The SMILES string of the molecule is COCCNC(=O)CN(C)c1nnc(Br)s1. The number of rotatable bonds is 6. The molecular formula is C8H13BrN4O2S. The Hall–Kier alpha value is -0.730. The monoisotopic (exact) mass is 308 g/mol. The number of hydrogen-bond acceptors (Lipinski definition) is 6. The van der Waals surface area contributed by atoms with Crippen LogP contribution >= 0.6 is 27.3 Å². The number of carbonyl (C=O) groups is 1. The molecule has 0 aliphatic carbocycles. The van der Waals surface area contributed by atoms with Crippen molar-refractivity contribution >= 4 is 38.3 Å². The Bertz CT molecular complexity index is 347. The van der Waals surface area contributed by atoms with Gasteiger partial charge >= 0.3 is 0 Å². The van der Waals surface area contributed by atoms with Crippen molar-refractivity contribution in [1.29, 1.82) is 0 Å². The maximum atomic E-state index is 11.4. The summed E-state index contributed by atoms with van der Waals surface area (Å²) >= 11 is 4.60. The number of anilines is 1. The van der Waals surface area contributed by atoms with E-state index in [9.17, 15) is 4.79 Å². The predicted molar refractivity (Wildman–Crippen MR) is 65.8 cm³/mol. The average molecular weight is 309 g/mol. The lowest BCUT2D eigenvalue weighted by Gasteiger charge is -2.14. The normalized spacial score (nSPS) is 10.2. The molecule has 0 atom stereocenters. The second-order valence-corrected chi connectivity index (χ2v) is 5.27. The van der Waals surface area contributed by atoms with Gasteiger partial charge in [-0.15, -0.1) is 10.2 Å². The van der Waals surface area contributed by atoms with Gasteiger partial charge in [-0.1, -0.05) is 11.3 Å². The third kappa shape index (κ3) is 4.42. The minimum absolute atomic E-state index is 0.0640.